The van der Waals surface area contributed by atoms with Crippen LogP contribution in [0, 0.1) is 0 Å². The number of rotatable bonds is 0. The van der Waals surface area contributed by atoms with Crippen LogP contribution in [0.4, 0.5) is 0 Å². The molecular weight excluding hydrogens is 160 g/mol. The Morgan fingerprint density at radius 2 is 2.27 bits per heavy atom. The third-order valence-corrected chi connectivity index (χ3v) is 2.24. The first kappa shape index (κ1) is 6.42. The van der Waals surface area contributed by atoms with Gasteiger partial charge in [-0.1, -0.05) is 0 Å². The van der Waals surface area contributed by atoms with Crippen molar-refractivity contribution in [2.75, 3.05) is 0 Å². The molecule has 2 heterocycles. The van der Waals surface area contributed by atoms with Gasteiger partial charge in [0.05, 0.1) is 6.20 Å². The smallest absolute Gasteiger partial charge is 0.199 e. The van der Waals surface area contributed by atoms with Crippen molar-refractivity contribution in [2.45, 2.75) is 0 Å². The molecule has 54 valence electrons. The zero-order valence-corrected chi connectivity index (χ0v) is 6.34. The molecule has 4 heteroatoms. The van der Waals surface area contributed by atoms with Crippen LogP contribution in [0.5, 0.6) is 0 Å². The second-order valence-corrected chi connectivity index (χ2v) is 2.95. The molecule has 0 fully saturated rings. The summed E-state index contributed by atoms with van der Waals surface area (Å²) >= 11 is 1.39. The fraction of sp³-hybridized carbons (Fsp3) is 0. The van der Waals surface area contributed by atoms with Gasteiger partial charge < -0.3 is 0 Å². The van der Waals surface area contributed by atoms with Gasteiger partial charge in [-0.25, -0.2) is 0 Å². The first-order chi connectivity index (χ1) is 5.38. The van der Waals surface area contributed by atoms with Crippen molar-refractivity contribution in [3.8, 4) is 0 Å². The summed E-state index contributed by atoms with van der Waals surface area (Å²) in [6, 6.07) is 3.21. The molecule has 0 saturated heterocycles. The zero-order chi connectivity index (χ0) is 7.68. The van der Waals surface area contributed by atoms with Crippen LogP contribution >= 0.6 is 11.3 Å². The van der Waals surface area contributed by atoms with Gasteiger partial charge in [0, 0.05) is 6.07 Å². The van der Waals surface area contributed by atoms with Gasteiger partial charge in [-0.3, -0.25) is 4.79 Å². The SMILES string of the molecule is O=c1ccnnc2ccsc12. The summed E-state index contributed by atoms with van der Waals surface area (Å²) in [5, 5.41) is 9.32. The predicted octanol–water partition coefficient (Wildman–Crippen LogP) is 1.05. The number of thiophene rings is 1. The Bertz CT molecular complexity index is 437. The topological polar surface area (TPSA) is 42.9 Å². The lowest BCUT2D eigenvalue weighted by molar-refractivity contribution is 1.09. The Morgan fingerprint density at radius 1 is 1.36 bits per heavy atom. The first-order valence-corrected chi connectivity index (χ1v) is 3.95. The maximum atomic E-state index is 11.2. The van der Waals surface area contributed by atoms with Crippen LogP contribution in [0.3, 0.4) is 0 Å². The van der Waals surface area contributed by atoms with E-state index in [0.717, 1.165) is 0 Å². The molecule has 3 nitrogen and oxygen atoms in total. The van der Waals surface area contributed by atoms with E-state index >= 15 is 0 Å². The largest absolute Gasteiger partial charge is 0.288 e. The van der Waals surface area contributed by atoms with Crippen LogP contribution in [0.2, 0.25) is 0 Å². The van der Waals surface area contributed by atoms with Gasteiger partial charge in [-0.05, 0) is 11.4 Å². The molecular formula is C7H4N2OS. The molecule has 0 N–H and O–H groups in total. The number of nitrogens with zero attached hydrogens (tertiary/aromatic N) is 2. The van der Waals surface area contributed by atoms with E-state index in [1.54, 1.807) is 6.07 Å². The van der Waals surface area contributed by atoms with Gasteiger partial charge in [0.1, 0.15) is 10.2 Å². The van der Waals surface area contributed by atoms with Gasteiger partial charge in [0.25, 0.3) is 0 Å². The molecule has 2 aromatic heterocycles. The summed E-state index contributed by atoms with van der Waals surface area (Å²) in [7, 11) is 0. The average Bonchev–Trinajstić information content (AvgIpc) is 2.40. The predicted molar refractivity (Wildman–Crippen MR) is 43.7 cm³/mol. The minimum absolute atomic E-state index is 0.0139. The highest BCUT2D eigenvalue weighted by Gasteiger charge is 1.96. The number of hydrogen-bond donors (Lipinski definition) is 0. The minimum Gasteiger partial charge on any atom is -0.288 e. The van der Waals surface area contributed by atoms with Crippen molar-refractivity contribution in [1.29, 1.82) is 0 Å². The second-order valence-electron chi connectivity index (χ2n) is 2.03. The standard InChI is InChI=1S/C7H4N2OS/c10-6-1-3-8-9-5-2-4-11-7(5)6/h1-4H. The summed E-state index contributed by atoms with van der Waals surface area (Å²) in [5.74, 6) is 0. The fourth-order valence-corrected chi connectivity index (χ4v) is 1.58. The van der Waals surface area contributed by atoms with Gasteiger partial charge in [0.15, 0.2) is 5.43 Å². The molecule has 0 unspecified atom stereocenters. The normalized spacial score (nSPS) is 10.2. The summed E-state index contributed by atoms with van der Waals surface area (Å²) < 4.78 is 0.669. The van der Waals surface area contributed by atoms with Crippen LogP contribution < -0.4 is 5.43 Å². The third kappa shape index (κ3) is 1.01. The molecule has 0 aliphatic carbocycles. The van der Waals surface area contributed by atoms with E-state index in [2.05, 4.69) is 10.2 Å². The Morgan fingerprint density at radius 3 is 3.18 bits per heavy atom. The Hall–Kier alpha value is -1.29. The van der Waals surface area contributed by atoms with Crippen molar-refractivity contribution in [3.05, 3.63) is 33.9 Å². The Labute approximate surface area is 66.3 Å². The van der Waals surface area contributed by atoms with E-state index in [9.17, 15) is 4.79 Å². The van der Waals surface area contributed by atoms with Crippen molar-refractivity contribution < 1.29 is 0 Å². The molecule has 0 bridgehead atoms. The van der Waals surface area contributed by atoms with Gasteiger partial charge in [-0.15, -0.1) is 16.4 Å². The molecule has 0 spiro atoms. The number of fused-ring (bicyclic) bond motifs is 1. The van der Waals surface area contributed by atoms with E-state index in [-0.39, 0.29) is 5.43 Å². The highest BCUT2D eigenvalue weighted by Crippen LogP contribution is 2.11. The lowest BCUT2D eigenvalue weighted by Gasteiger charge is -1.71. The summed E-state index contributed by atoms with van der Waals surface area (Å²) in [6.07, 6.45) is 1.41. The third-order valence-electron chi connectivity index (χ3n) is 1.33. The van der Waals surface area contributed by atoms with E-state index in [0.29, 0.717) is 10.2 Å². The van der Waals surface area contributed by atoms with Crippen molar-refractivity contribution in [2.24, 2.45) is 0 Å². The molecule has 0 aromatic carbocycles. The van der Waals surface area contributed by atoms with Crippen molar-refractivity contribution >= 4 is 21.6 Å². The maximum absolute atomic E-state index is 11.2. The molecule has 2 rings (SSSR count). The van der Waals surface area contributed by atoms with Gasteiger partial charge in [0.2, 0.25) is 0 Å². The lowest BCUT2D eigenvalue weighted by atomic mass is 10.4. The second kappa shape index (κ2) is 2.39. The first-order valence-electron chi connectivity index (χ1n) is 3.07. The highest BCUT2D eigenvalue weighted by atomic mass is 32.1. The van der Waals surface area contributed by atoms with Crippen LogP contribution in [0.25, 0.3) is 10.2 Å². The van der Waals surface area contributed by atoms with Crippen LogP contribution in [-0.2, 0) is 0 Å². The number of aromatic nitrogens is 2. The molecule has 0 aliphatic heterocycles. The summed E-state index contributed by atoms with van der Waals surface area (Å²) in [4.78, 5) is 11.2. The van der Waals surface area contributed by atoms with E-state index in [1.807, 2.05) is 5.38 Å². The van der Waals surface area contributed by atoms with Gasteiger partial charge in [-0.2, -0.15) is 5.10 Å². The number of hydrogen-bond acceptors (Lipinski definition) is 4. The highest BCUT2D eigenvalue weighted by molar-refractivity contribution is 7.17. The fourth-order valence-electron chi connectivity index (χ4n) is 0.838. The molecule has 2 aromatic rings. The van der Waals surface area contributed by atoms with Crippen LogP contribution in [0.1, 0.15) is 0 Å². The molecule has 0 aliphatic rings. The van der Waals surface area contributed by atoms with Crippen LogP contribution in [-0.4, -0.2) is 10.2 Å². The van der Waals surface area contributed by atoms with Crippen LogP contribution in [0.15, 0.2) is 28.5 Å². The lowest BCUT2D eigenvalue weighted by Crippen LogP contribution is -1.90. The molecule has 0 saturated carbocycles. The molecule has 0 amide bonds. The molecule has 0 atom stereocenters. The summed E-state index contributed by atoms with van der Waals surface area (Å²) in [5.41, 5.74) is 0.657. The van der Waals surface area contributed by atoms with Crippen molar-refractivity contribution in [3.63, 3.8) is 0 Å². The van der Waals surface area contributed by atoms with E-state index < -0.39 is 0 Å². The maximum Gasteiger partial charge on any atom is 0.199 e. The zero-order valence-electron chi connectivity index (χ0n) is 5.52. The Balaban J connectivity index is 3.09. The van der Waals surface area contributed by atoms with Gasteiger partial charge >= 0.3 is 0 Å². The molecule has 0 radical (unpaired) electrons. The molecule has 11 heavy (non-hydrogen) atoms. The monoisotopic (exact) mass is 164 g/mol. The van der Waals surface area contributed by atoms with Crippen molar-refractivity contribution in [1.82, 2.24) is 10.2 Å². The van der Waals surface area contributed by atoms with E-state index in [4.69, 9.17) is 0 Å². The quantitative estimate of drug-likeness (QED) is 0.584. The minimum atomic E-state index is -0.0139. The Kier molecular flexibility index (Phi) is 1.40. The summed E-state index contributed by atoms with van der Waals surface area (Å²) in [6.45, 7) is 0. The average molecular weight is 164 g/mol. The van der Waals surface area contributed by atoms with E-state index in [1.165, 1.54) is 23.6 Å².